The van der Waals surface area contributed by atoms with E-state index in [4.69, 9.17) is 16.3 Å². The second kappa shape index (κ2) is 8.39. The third-order valence-corrected chi connectivity index (χ3v) is 5.11. The maximum Gasteiger partial charge on any atom is 0.324 e. The van der Waals surface area contributed by atoms with Crippen LogP contribution in [0.25, 0.3) is 0 Å². The normalized spacial score (nSPS) is 12.4. The minimum atomic E-state index is -3.96. The Morgan fingerprint density at radius 1 is 1.19 bits per heavy atom. The molecule has 9 heteroatoms. The number of benzene rings is 2. The van der Waals surface area contributed by atoms with Gasteiger partial charge in [0, 0.05) is 10.6 Å². The maximum absolute atomic E-state index is 13.1. The summed E-state index contributed by atoms with van der Waals surface area (Å²) >= 11 is 5.70. The molecule has 0 bridgehead atoms. The highest BCUT2D eigenvalue weighted by atomic mass is 35.5. The number of rotatable bonds is 7. The van der Waals surface area contributed by atoms with Crippen LogP contribution in [0.4, 0.5) is 4.39 Å². The summed E-state index contributed by atoms with van der Waals surface area (Å²) in [6.07, 6.45) is 0. The van der Waals surface area contributed by atoms with E-state index in [2.05, 4.69) is 4.72 Å². The van der Waals surface area contributed by atoms with E-state index in [1.54, 1.807) is 0 Å². The molecular formula is C17H15ClFNO5S. The summed E-state index contributed by atoms with van der Waals surface area (Å²) in [4.78, 5) is 23.7. The van der Waals surface area contributed by atoms with Gasteiger partial charge in [0.25, 0.3) is 0 Å². The Hall–Kier alpha value is -2.29. The number of halogens is 2. The van der Waals surface area contributed by atoms with Crippen LogP contribution in [-0.2, 0) is 19.6 Å². The van der Waals surface area contributed by atoms with Gasteiger partial charge in [-0.05, 0) is 43.3 Å². The van der Waals surface area contributed by atoms with Crippen molar-refractivity contribution in [2.45, 2.75) is 17.9 Å². The quantitative estimate of drug-likeness (QED) is 0.571. The lowest BCUT2D eigenvalue weighted by molar-refractivity contribution is -0.144. The lowest BCUT2D eigenvalue weighted by Gasteiger charge is -2.13. The zero-order valence-electron chi connectivity index (χ0n) is 13.6. The molecule has 0 saturated carbocycles. The number of hydrogen-bond acceptors (Lipinski definition) is 5. The van der Waals surface area contributed by atoms with Crippen LogP contribution in [0, 0.1) is 5.82 Å². The van der Waals surface area contributed by atoms with Crippen LogP contribution in [0.5, 0.6) is 0 Å². The molecule has 26 heavy (non-hydrogen) atoms. The van der Waals surface area contributed by atoms with Crippen molar-refractivity contribution in [3.8, 4) is 0 Å². The Bertz CT molecular complexity index is 915. The van der Waals surface area contributed by atoms with Gasteiger partial charge in [-0.15, -0.1) is 0 Å². The van der Waals surface area contributed by atoms with Gasteiger partial charge >= 0.3 is 5.97 Å². The van der Waals surface area contributed by atoms with Crippen molar-refractivity contribution < 1.29 is 27.1 Å². The predicted octanol–water partition coefficient (Wildman–Crippen LogP) is 2.57. The van der Waals surface area contributed by atoms with E-state index in [0.717, 1.165) is 6.07 Å². The van der Waals surface area contributed by atoms with Crippen LogP contribution >= 0.6 is 11.6 Å². The minimum Gasteiger partial charge on any atom is -0.456 e. The summed E-state index contributed by atoms with van der Waals surface area (Å²) in [5, 5.41) is 0.368. The predicted molar refractivity (Wildman–Crippen MR) is 92.9 cm³/mol. The second-order valence-corrected chi connectivity index (χ2v) is 7.49. The number of ketones is 1. The number of ether oxygens (including phenoxy) is 1. The Morgan fingerprint density at radius 3 is 2.46 bits per heavy atom. The third-order valence-electron chi connectivity index (χ3n) is 3.30. The number of Topliss-reactive ketones (excluding diaryl/α,β-unsaturated/α-hetero) is 1. The first-order chi connectivity index (χ1) is 12.2. The fourth-order valence-corrected chi connectivity index (χ4v) is 3.29. The van der Waals surface area contributed by atoms with Gasteiger partial charge in [-0.1, -0.05) is 23.7 Å². The Kier molecular flexibility index (Phi) is 6.47. The van der Waals surface area contributed by atoms with Crippen LogP contribution < -0.4 is 4.72 Å². The molecule has 0 aliphatic heterocycles. The molecule has 0 aliphatic rings. The average Bonchev–Trinajstić information content (AvgIpc) is 2.59. The first kappa shape index (κ1) is 20.0. The van der Waals surface area contributed by atoms with Crippen molar-refractivity contribution >= 4 is 33.4 Å². The molecule has 0 spiro atoms. The number of esters is 1. The SMILES string of the molecule is C[C@H](NS(=O)(=O)c1ccc(Cl)cc1)C(=O)OCC(=O)c1cccc(F)c1. The van der Waals surface area contributed by atoms with Gasteiger partial charge in [0.05, 0.1) is 4.90 Å². The molecule has 0 aromatic heterocycles. The molecule has 0 saturated heterocycles. The highest BCUT2D eigenvalue weighted by Crippen LogP contribution is 2.14. The highest BCUT2D eigenvalue weighted by molar-refractivity contribution is 7.89. The number of carbonyl (C=O) groups excluding carboxylic acids is 2. The lowest BCUT2D eigenvalue weighted by atomic mass is 10.1. The van der Waals surface area contributed by atoms with E-state index in [0.29, 0.717) is 5.02 Å². The zero-order chi connectivity index (χ0) is 19.3. The van der Waals surface area contributed by atoms with E-state index >= 15 is 0 Å². The molecule has 0 heterocycles. The van der Waals surface area contributed by atoms with Gasteiger partial charge in [0.2, 0.25) is 10.0 Å². The number of carbonyl (C=O) groups is 2. The van der Waals surface area contributed by atoms with Crippen molar-refractivity contribution in [3.05, 3.63) is 64.9 Å². The largest absolute Gasteiger partial charge is 0.456 e. The number of sulfonamides is 1. The lowest BCUT2D eigenvalue weighted by Crippen LogP contribution is -2.40. The topological polar surface area (TPSA) is 89.5 Å². The minimum absolute atomic E-state index is 0.0483. The van der Waals surface area contributed by atoms with E-state index in [1.807, 2.05) is 0 Å². The van der Waals surface area contributed by atoms with E-state index in [9.17, 15) is 22.4 Å². The zero-order valence-corrected chi connectivity index (χ0v) is 15.2. The summed E-state index contributed by atoms with van der Waals surface area (Å²) in [7, 11) is -3.96. The van der Waals surface area contributed by atoms with E-state index < -0.39 is 40.2 Å². The summed E-state index contributed by atoms with van der Waals surface area (Å²) in [5.74, 6) is -2.14. The molecule has 1 N–H and O–H groups in total. The fraction of sp³-hybridized carbons (Fsp3) is 0.176. The van der Waals surface area contributed by atoms with Gasteiger partial charge in [-0.2, -0.15) is 4.72 Å². The third kappa shape index (κ3) is 5.35. The molecule has 6 nitrogen and oxygen atoms in total. The smallest absolute Gasteiger partial charge is 0.324 e. The molecule has 138 valence electrons. The standard InChI is InChI=1S/C17H15ClFNO5S/c1-11(20-26(23,24)15-7-5-13(18)6-8-15)17(22)25-10-16(21)12-3-2-4-14(19)9-12/h2-9,11,20H,10H2,1H3/t11-/m0/s1. The molecule has 2 rings (SSSR count). The van der Waals surface area contributed by atoms with Gasteiger partial charge in [-0.3, -0.25) is 9.59 Å². The van der Waals surface area contributed by atoms with Crippen LogP contribution in [0.3, 0.4) is 0 Å². The molecule has 2 aromatic carbocycles. The first-order valence-corrected chi connectivity index (χ1v) is 9.28. The van der Waals surface area contributed by atoms with Gasteiger partial charge in [0.15, 0.2) is 12.4 Å². The van der Waals surface area contributed by atoms with Crippen molar-refractivity contribution in [1.29, 1.82) is 0 Å². The molecule has 0 unspecified atom stereocenters. The number of nitrogens with one attached hydrogen (secondary N) is 1. The molecular weight excluding hydrogens is 385 g/mol. The van der Waals surface area contributed by atoms with Crippen molar-refractivity contribution in [3.63, 3.8) is 0 Å². The van der Waals surface area contributed by atoms with Crippen molar-refractivity contribution in [2.24, 2.45) is 0 Å². The van der Waals surface area contributed by atoms with Crippen molar-refractivity contribution in [1.82, 2.24) is 4.72 Å². The van der Waals surface area contributed by atoms with Crippen LogP contribution in [0.1, 0.15) is 17.3 Å². The average molecular weight is 400 g/mol. The summed E-state index contributed by atoms with van der Waals surface area (Å²) in [6, 6.07) is 9.08. The molecule has 1 atom stereocenters. The second-order valence-electron chi connectivity index (χ2n) is 5.34. The maximum atomic E-state index is 13.1. The van der Waals surface area contributed by atoms with Crippen LogP contribution in [0.2, 0.25) is 5.02 Å². The van der Waals surface area contributed by atoms with E-state index in [-0.39, 0.29) is 10.5 Å². The summed E-state index contributed by atoms with van der Waals surface area (Å²) in [6.45, 7) is 0.651. The van der Waals surface area contributed by atoms with Crippen LogP contribution in [0.15, 0.2) is 53.4 Å². The monoisotopic (exact) mass is 399 g/mol. The molecule has 0 radical (unpaired) electrons. The van der Waals surface area contributed by atoms with E-state index in [1.165, 1.54) is 49.4 Å². The molecule has 2 aromatic rings. The highest BCUT2D eigenvalue weighted by Gasteiger charge is 2.23. The molecule has 0 amide bonds. The van der Waals surface area contributed by atoms with Gasteiger partial charge < -0.3 is 4.74 Å². The Morgan fingerprint density at radius 2 is 1.85 bits per heavy atom. The number of hydrogen-bond donors (Lipinski definition) is 1. The summed E-state index contributed by atoms with van der Waals surface area (Å²) < 4.78 is 44.4. The Balaban J connectivity index is 1.95. The van der Waals surface area contributed by atoms with Crippen LogP contribution in [-0.4, -0.2) is 32.8 Å². The van der Waals surface area contributed by atoms with Crippen molar-refractivity contribution in [2.75, 3.05) is 6.61 Å². The Labute approximate surface area is 155 Å². The first-order valence-electron chi connectivity index (χ1n) is 7.42. The molecule has 0 aliphatic carbocycles. The van der Waals surface area contributed by atoms with Gasteiger partial charge in [-0.25, -0.2) is 12.8 Å². The molecule has 0 fully saturated rings. The summed E-state index contributed by atoms with van der Waals surface area (Å²) in [5.41, 5.74) is 0.0483. The van der Waals surface area contributed by atoms with Gasteiger partial charge in [0.1, 0.15) is 11.9 Å². The fourth-order valence-electron chi connectivity index (χ4n) is 1.97.